The van der Waals surface area contributed by atoms with E-state index in [-0.39, 0.29) is 12.3 Å². The fourth-order valence-corrected chi connectivity index (χ4v) is 1.71. The highest BCUT2D eigenvalue weighted by Crippen LogP contribution is 2.27. The minimum atomic E-state index is -0.809. The van der Waals surface area contributed by atoms with Crippen LogP contribution in [0.5, 0.6) is 0 Å². The zero-order valence-electron chi connectivity index (χ0n) is 7.99. The summed E-state index contributed by atoms with van der Waals surface area (Å²) >= 11 is 1.37. The molecule has 0 unspecified atom stereocenters. The SMILES string of the molecule is O=C(O)CCSCC(=O)NCC1CC1. The van der Waals surface area contributed by atoms with Crippen molar-refractivity contribution in [3.8, 4) is 0 Å². The number of hydrogen-bond acceptors (Lipinski definition) is 3. The second kappa shape index (κ2) is 5.90. The molecule has 0 aromatic heterocycles. The Bertz CT molecular complexity index is 216. The van der Waals surface area contributed by atoms with Crippen LogP contribution in [0.15, 0.2) is 0 Å². The quantitative estimate of drug-likeness (QED) is 0.617. The number of carbonyl (C=O) groups is 2. The van der Waals surface area contributed by atoms with Crippen molar-refractivity contribution < 1.29 is 14.7 Å². The predicted octanol–water partition coefficient (Wildman–Crippen LogP) is 0.720. The Labute approximate surface area is 87.4 Å². The van der Waals surface area contributed by atoms with E-state index >= 15 is 0 Å². The van der Waals surface area contributed by atoms with Crippen LogP contribution in [0.25, 0.3) is 0 Å². The molecule has 2 N–H and O–H groups in total. The van der Waals surface area contributed by atoms with Crippen molar-refractivity contribution in [2.75, 3.05) is 18.1 Å². The monoisotopic (exact) mass is 217 g/mol. The van der Waals surface area contributed by atoms with Gasteiger partial charge in [0.15, 0.2) is 0 Å². The first kappa shape index (κ1) is 11.4. The summed E-state index contributed by atoms with van der Waals surface area (Å²) in [5.74, 6) is 0.790. The van der Waals surface area contributed by atoms with Gasteiger partial charge in [-0.25, -0.2) is 0 Å². The third kappa shape index (κ3) is 5.85. The normalized spacial score (nSPS) is 15.1. The number of carboxylic acid groups (broad SMARTS) is 1. The number of rotatable bonds is 7. The average Bonchev–Trinajstić information content (AvgIpc) is 2.92. The first-order valence-electron chi connectivity index (χ1n) is 4.74. The van der Waals surface area contributed by atoms with E-state index in [1.54, 1.807) is 0 Å². The van der Waals surface area contributed by atoms with E-state index in [0.717, 1.165) is 6.54 Å². The Morgan fingerprint density at radius 3 is 2.71 bits per heavy atom. The largest absolute Gasteiger partial charge is 0.481 e. The number of nitrogens with one attached hydrogen (secondary N) is 1. The van der Waals surface area contributed by atoms with Crippen LogP contribution in [0.1, 0.15) is 19.3 Å². The summed E-state index contributed by atoms with van der Waals surface area (Å²) in [7, 11) is 0. The number of carbonyl (C=O) groups excluding carboxylic acids is 1. The molecule has 1 saturated carbocycles. The van der Waals surface area contributed by atoms with Gasteiger partial charge in [0.05, 0.1) is 12.2 Å². The van der Waals surface area contributed by atoms with Crippen LogP contribution in [-0.4, -0.2) is 35.0 Å². The number of thioether (sulfide) groups is 1. The molecule has 0 spiro atoms. The summed E-state index contributed by atoms with van der Waals surface area (Å²) in [6, 6.07) is 0. The first-order chi connectivity index (χ1) is 6.68. The van der Waals surface area contributed by atoms with Gasteiger partial charge in [-0.15, -0.1) is 0 Å². The smallest absolute Gasteiger partial charge is 0.304 e. The molecule has 80 valence electrons. The van der Waals surface area contributed by atoms with Gasteiger partial charge in [-0.05, 0) is 18.8 Å². The van der Waals surface area contributed by atoms with Gasteiger partial charge in [-0.3, -0.25) is 9.59 Å². The Morgan fingerprint density at radius 1 is 1.43 bits per heavy atom. The van der Waals surface area contributed by atoms with Gasteiger partial charge >= 0.3 is 5.97 Å². The molecule has 14 heavy (non-hydrogen) atoms. The molecule has 1 rings (SSSR count). The number of carboxylic acids is 1. The van der Waals surface area contributed by atoms with Crippen molar-refractivity contribution >= 4 is 23.6 Å². The standard InChI is InChI=1S/C9H15NO3S/c11-8(10-5-7-1-2-7)6-14-4-3-9(12)13/h7H,1-6H2,(H,10,11)(H,12,13). The zero-order chi connectivity index (χ0) is 10.4. The highest BCUT2D eigenvalue weighted by molar-refractivity contribution is 7.99. The van der Waals surface area contributed by atoms with Gasteiger partial charge in [-0.1, -0.05) is 0 Å². The lowest BCUT2D eigenvalue weighted by Crippen LogP contribution is -2.27. The highest BCUT2D eigenvalue weighted by atomic mass is 32.2. The average molecular weight is 217 g/mol. The van der Waals surface area contributed by atoms with E-state index in [0.29, 0.717) is 17.4 Å². The molecule has 0 aliphatic heterocycles. The van der Waals surface area contributed by atoms with Gasteiger partial charge in [0.1, 0.15) is 0 Å². The number of aliphatic carboxylic acids is 1. The molecule has 0 heterocycles. The molecule has 0 aromatic carbocycles. The Morgan fingerprint density at radius 2 is 2.14 bits per heavy atom. The van der Waals surface area contributed by atoms with Crippen LogP contribution < -0.4 is 5.32 Å². The van der Waals surface area contributed by atoms with Crippen molar-refractivity contribution in [1.29, 1.82) is 0 Å². The lowest BCUT2D eigenvalue weighted by Gasteiger charge is -2.02. The van der Waals surface area contributed by atoms with E-state index in [2.05, 4.69) is 5.32 Å². The molecule has 0 aromatic rings. The lowest BCUT2D eigenvalue weighted by molar-refractivity contribution is -0.136. The molecule has 0 bridgehead atoms. The maximum Gasteiger partial charge on any atom is 0.304 e. The van der Waals surface area contributed by atoms with E-state index in [9.17, 15) is 9.59 Å². The molecule has 1 fully saturated rings. The van der Waals surface area contributed by atoms with Crippen LogP contribution in [0, 0.1) is 5.92 Å². The van der Waals surface area contributed by atoms with Gasteiger partial charge in [-0.2, -0.15) is 11.8 Å². The van der Waals surface area contributed by atoms with Crippen molar-refractivity contribution in [2.45, 2.75) is 19.3 Å². The molecular formula is C9H15NO3S. The summed E-state index contributed by atoms with van der Waals surface area (Å²) in [6.45, 7) is 0.790. The van der Waals surface area contributed by atoms with Crippen molar-refractivity contribution in [3.05, 3.63) is 0 Å². The topological polar surface area (TPSA) is 66.4 Å². The molecule has 1 amide bonds. The molecular weight excluding hydrogens is 202 g/mol. The first-order valence-corrected chi connectivity index (χ1v) is 5.90. The maximum absolute atomic E-state index is 11.1. The van der Waals surface area contributed by atoms with Crippen LogP contribution in [0.2, 0.25) is 0 Å². The number of hydrogen-bond donors (Lipinski definition) is 2. The van der Waals surface area contributed by atoms with Gasteiger partial charge in [0.2, 0.25) is 5.91 Å². The number of amides is 1. The summed E-state index contributed by atoms with van der Waals surface area (Å²) < 4.78 is 0. The molecule has 1 aliphatic carbocycles. The minimum Gasteiger partial charge on any atom is -0.481 e. The lowest BCUT2D eigenvalue weighted by atomic mass is 10.4. The second-order valence-corrected chi connectivity index (χ2v) is 4.55. The van der Waals surface area contributed by atoms with Gasteiger partial charge < -0.3 is 10.4 Å². The maximum atomic E-state index is 11.1. The molecule has 1 aliphatic rings. The van der Waals surface area contributed by atoms with E-state index in [1.165, 1.54) is 24.6 Å². The van der Waals surface area contributed by atoms with Crippen molar-refractivity contribution in [3.63, 3.8) is 0 Å². The van der Waals surface area contributed by atoms with E-state index in [4.69, 9.17) is 5.11 Å². The van der Waals surface area contributed by atoms with Crippen molar-refractivity contribution in [1.82, 2.24) is 5.32 Å². The third-order valence-corrected chi connectivity index (χ3v) is 2.94. The van der Waals surface area contributed by atoms with Crippen molar-refractivity contribution in [2.24, 2.45) is 5.92 Å². The van der Waals surface area contributed by atoms with Crippen LogP contribution in [0.3, 0.4) is 0 Å². The zero-order valence-corrected chi connectivity index (χ0v) is 8.81. The second-order valence-electron chi connectivity index (χ2n) is 3.44. The Kier molecular flexibility index (Phi) is 4.79. The van der Waals surface area contributed by atoms with E-state index in [1.807, 2.05) is 0 Å². The van der Waals surface area contributed by atoms with Gasteiger partial charge in [0.25, 0.3) is 0 Å². The summed E-state index contributed by atoms with van der Waals surface area (Å²) in [6.07, 6.45) is 2.58. The minimum absolute atomic E-state index is 0.0206. The summed E-state index contributed by atoms with van der Waals surface area (Å²) in [5.41, 5.74) is 0. The van der Waals surface area contributed by atoms with Crippen LogP contribution >= 0.6 is 11.8 Å². The summed E-state index contributed by atoms with van der Waals surface area (Å²) in [4.78, 5) is 21.3. The highest BCUT2D eigenvalue weighted by Gasteiger charge is 2.21. The predicted molar refractivity (Wildman–Crippen MR) is 55.3 cm³/mol. The summed E-state index contributed by atoms with van der Waals surface area (Å²) in [5, 5.41) is 11.2. The van der Waals surface area contributed by atoms with Crippen LogP contribution in [-0.2, 0) is 9.59 Å². The fourth-order valence-electron chi connectivity index (χ4n) is 0.956. The molecule has 0 radical (unpaired) electrons. The Balaban J connectivity index is 1.88. The fraction of sp³-hybridized carbons (Fsp3) is 0.778. The molecule has 4 nitrogen and oxygen atoms in total. The molecule has 0 atom stereocenters. The van der Waals surface area contributed by atoms with E-state index < -0.39 is 5.97 Å². The molecule has 0 saturated heterocycles. The van der Waals surface area contributed by atoms with Crippen LogP contribution in [0.4, 0.5) is 0 Å². The van der Waals surface area contributed by atoms with Gasteiger partial charge in [0, 0.05) is 12.3 Å². The Hall–Kier alpha value is -0.710. The third-order valence-electron chi connectivity index (χ3n) is 1.98. The molecule has 5 heteroatoms.